The maximum Gasteiger partial charge on any atom is 0.135 e. The number of aryl methyl sites for hydroxylation is 2. The molecule has 0 saturated carbocycles. The lowest BCUT2D eigenvalue weighted by atomic mass is 10.3. The third-order valence-electron chi connectivity index (χ3n) is 1.91. The molecule has 2 N–H and O–H groups in total. The Morgan fingerprint density at radius 2 is 2.29 bits per heavy atom. The molecule has 0 aliphatic rings. The highest BCUT2D eigenvalue weighted by Gasteiger charge is 2.07. The molecule has 5 heteroatoms. The summed E-state index contributed by atoms with van der Waals surface area (Å²) in [6, 6.07) is 2.01. The highest BCUT2D eigenvalue weighted by molar-refractivity contribution is 7.18. The maximum atomic E-state index is 5.81. The van der Waals surface area contributed by atoms with Crippen LogP contribution in [0.15, 0.2) is 6.07 Å². The summed E-state index contributed by atoms with van der Waals surface area (Å²) in [4.78, 5) is 10.7. The molecule has 2 aromatic heterocycles. The van der Waals surface area contributed by atoms with Crippen molar-refractivity contribution in [3.8, 4) is 0 Å². The molecular formula is C9H10ClN3S. The smallest absolute Gasteiger partial charge is 0.135 e. The summed E-state index contributed by atoms with van der Waals surface area (Å²) in [6.45, 7) is 2.03. The Labute approximate surface area is 90.9 Å². The van der Waals surface area contributed by atoms with Crippen LogP contribution in [-0.2, 0) is 6.42 Å². The first-order valence-electron chi connectivity index (χ1n) is 4.29. The summed E-state index contributed by atoms with van der Waals surface area (Å²) in [5.41, 5.74) is 5.81. The van der Waals surface area contributed by atoms with E-state index in [0.717, 1.165) is 16.0 Å². The molecule has 14 heavy (non-hydrogen) atoms. The Hall–Kier alpha value is -0.870. The summed E-state index contributed by atoms with van der Waals surface area (Å²) in [5, 5.41) is 0.950. The third-order valence-corrected chi connectivity index (χ3v) is 3.04. The maximum absolute atomic E-state index is 5.81. The number of hydrogen-bond acceptors (Lipinski definition) is 4. The minimum Gasteiger partial charge on any atom is -0.383 e. The second-order valence-corrected chi connectivity index (χ2v) is 4.65. The van der Waals surface area contributed by atoms with Gasteiger partial charge in [-0.2, -0.15) is 0 Å². The lowest BCUT2D eigenvalue weighted by Gasteiger charge is -1.99. The molecule has 2 aromatic rings. The predicted octanol–water partition coefficient (Wildman–Crippen LogP) is 2.36. The number of fused-ring (bicyclic) bond motifs is 1. The van der Waals surface area contributed by atoms with E-state index in [1.807, 2.05) is 13.0 Å². The first kappa shape index (κ1) is 9.68. The molecule has 0 saturated heterocycles. The fourth-order valence-corrected chi connectivity index (χ4v) is 2.38. The first-order valence-corrected chi connectivity index (χ1v) is 5.64. The normalized spacial score (nSPS) is 11.0. The number of hydrogen-bond donors (Lipinski definition) is 1. The van der Waals surface area contributed by atoms with Gasteiger partial charge < -0.3 is 5.73 Å². The zero-order chi connectivity index (χ0) is 10.1. The Balaban J connectivity index is 2.59. The predicted molar refractivity (Wildman–Crippen MR) is 61.0 cm³/mol. The van der Waals surface area contributed by atoms with Gasteiger partial charge >= 0.3 is 0 Å². The van der Waals surface area contributed by atoms with Crippen molar-refractivity contribution in [2.24, 2.45) is 0 Å². The summed E-state index contributed by atoms with van der Waals surface area (Å²) in [7, 11) is 0. The number of aromatic nitrogens is 2. The highest BCUT2D eigenvalue weighted by atomic mass is 35.5. The van der Waals surface area contributed by atoms with Crippen LogP contribution in [-0.4, -0.2) is 15.8 Å². The molecule has 0 aliphatic heterocycles. The third kappa shape index (κ3) is 1.67. The van der Waals surface area contributed by atoms with Gasteiger partial charge in [-0.25, -0.2) is 9.97 Å². The molecule has 2 rings (SSSR count). The van der Waals surface area contributed by atoms with Crippen molar-refractivity contribution < 1.29 is 0 Å². The molecule has 0 amide bonds. The lowest BCUT2D eigenvalue weighted by Crippen LogP contribution is -2.00. The molecule has 0 fully saturated rings. The van der Waals surface area contributed by atoms with Crippen LogP contribution in [0.1, 0.15) is 10.7 Å². The Kier molecular flexibility index (Phi) is 2.56. The van der Waals surface area contributed by atoms with Crippen molar-refractivity contribution in [1.29, 1.82) is 0 Å². The van der Waals surface area contributed by atoms with Gasteiger partial charge in [0.15, 0.2) is 0 Å². The van der Waals surface area contributed by atoms with Crippen molar-refractivity contribution in [3.63, 3.8) is 0 Å². The molecule has 74 valence electrons. The van der Waals surface area contributed by atoms with Gasteiger partial charge in [0, 0.05) is 17.2 Å². The van der Waals surface area contributed by atoms with E-state index in [4.69, 9.17) is 17.3 Å². The van der Waals surface area contributed by atoms with Gasteiger partial charge in [0.05, 0.1) is 5.39 Å². The number of nitrogens with zero attached hydrogens (tertiary/aromatic N) is 2. The lowest BCUT2D eigenvalue weighted by molar-refractivity contribution is 0.975. The molecule has 0 spiro atoms. The fourth-order valence-electron chi connectivity index (χ4n) is 1.31. The summed E-state index contributed by atoms with van der Waals surface area (Å²) in [6.07, 6.45) is 0.665. The van der Waals surface area contributed by atoms with Crippen molar-refractivity contribution in [3.05, 3.63) is 16.8 Å². The van der Waals surface area contributed by atoms with E-state index in [1.54, 1.807) is 11.3 Å². The fraction of sp³-hybridized carbons (Fsp3) is 0.333. The van der Waals surface area contributed by atoms with Crippen LogP contribution in [0.5, 0.6) is 0 Å². The van der Waals surface area contributed by atoms with Gasteiger partial charge in [-0.3, -0.25) is 0 Å². The minimum atomic E-state index is 0.523. The van der Waals surface area contributed by atoms with Gasteiger partial charge in [-0.1, -0.05) is 0 Å². The van der Waals surface area contributed by atoms with E-state index in [9.17, 15) is 0 Å². The van der Waals surface area contributed by atoms with Crippen LogP contribution in [0.4, 0.5) is 5.82 Å². The average molecular weight is 228 g/mol. The number of anilines is 1. The number of halogens is 1. The number of nitrogen functional groups attached to an aromatic ring is 1. The standard InChI is InChI=1S/C9H10ClN3S/c1-5-4-6-8(11)12-7(2-3-10)13-9(6)14-5/h4H,2-3H2,1H3,(H2,11,12,13). The minimum absolute atomic E-state index is 0.523. The topological polar surface area (TPSA) is 51.8 Å². The van der Waals surface area contributed by atoms with E-state index in [-0.39, 0.29) is 0 Å². The summed E-state index contributed by atoms with van der Waals surface area (Å²) in [5.74, 6) is 1.81. The number of alkyl halides is 1. The SMILES string of the molecule is Cc1cc2c(N)nc(CCCl)nc2s1. The monoisotopic (exact) mass is 227 g/mol. The van der Waals surface area contributed by atoms with E-state index in [0.29, 0.717) is 18.1 Å². The van der Waals surface area contributed by atoms with Crippen LogP contribution in [0, 0.1) is 6.92 Å². The summed E-state index contributed by atoms with van der Waals surface area (Å²) >= 11 is 7.26. The van der Waals surface area contributed by atoms with Crippen LogP contribution in [0.2, 0.25) is 0 Å². The van der Waals surface area contributed by atoms with E-state index in [1.165, 1.54) is 4.88 Å². The molecule has 0 aliphatic carbocycles. The van der Waals surface area contributed by atoms with Crippen LogP contribution >= 0.6 is 22.9 Å². The number of nitrogens with two attached hydrogens (primary N) is 1. The zero-order valence-corrected chi connectivity index (χ0v) is 9.32. The Morgan fingerprint density at radius 1 is 1.50 bits per heavy atom. The second kappa shape index (κ2) is 3.71. The van der Waals surface area contributed by atoms with Gasteiger partial charge in [-0.05, 0) is 13.0 Å². The number of thiophene rings is 1. The molecule has 0 unspecified atom stereocenters. The average Bonchev–Trinajstić information content (AvgIpc) is 2.47. The Bertz CT molecular complexity index is 466. The quantitative estimate of drug-likeness (QED) is 0.802. The van der Waals surface area contributed by atoms with Gasteiger partial charge in [0.25, 0.3) is 0 Å². The second-order valence-electron chi connectivity index (χ2n) is 3.04. The van der Waals surface area contributed by atoms with Crippen molar-refractivity contribution >= 4 is 39.0 Å². The molecule has 0 bridgehead atoms. The Morgan fingerprint density at radius 3 is 3.00 bits per heavy atom. The molecule has 0 radical (unpaired) electrons. The van der Waals surface area contributed by atoms with Gasteiger partial charge in [0.2, 0.25) is 0 Å². The largest absolute Gasteiger partial charge is 0.383 e. The van der Waals surface area contributed by atoms with Crippen molar-refractivity contribution in [2.45, 2.75) is 13.3 Å². The molecule has 2 heterocycles. The van der Waals surface area contributed by atoms with Crippen LogP contribution in [0.25, 0.3) is 10.2 Å². The molecule has 3 nitrogen and oxygen atoms in total. The van der Waals surface area contributed by atoms with Crippen LogP contribution < -0.4 is 5.73 Å². The summed E-state index contributed by atoms with van der Waals surface area (Å²) < 4.78 is 0. The van der Waals surface area contributed by atoms with E-state index < -0.39 is 0 Å². The van der Waals surface area contributed by atoms with Crippen molar-refractivity contribution in [2.75, 3.05) is 11.6 Å². The van der Waals surface area contributed by atoms with Gasteiger partial charge in [0.1, 0.15) is 16.5 Å². The molecule has 0 aromatic carbocycles. The highest BCUT2D eigenvalue weighted by Crippen LogP contribution is 2.26. The van der Waals surface area contributed by atoms with Gasteiger partial charge in [-0.15, -0.1) is 22.9 Å². The number of rotatable bonds is 2. The van der Waals surface area contributed by atoms with Crippen LogP contribution in [0.3, 0.4) is 0 Å². The molecule has 0 atom stereocenters. The zero-order valence-electron chi connectivity index (χ0n) is 7.75. The van der Waals surface area contributed by atoms with Crippen molar-refractivity contribution in [1.82, 2.24) is 9.97 Å². The molecular weight excluding hydrogens is 218 g/mol. The van der Waals surface area contributed by atoms with E-state index >= 15 is 0 Å². The van der Waals surface area contributed by atoms with E-state index in [2.05, 4.69) is 9.97 Å². The first-order chi connectivity index (χ1) is 6.70.